The summed E-state index contributed by atoms with van der Waals surface area (Å²) in [7, 11) is -1.34. The average Bonchev–Trinajstić information content (AvgIpc) is 2.47. The molecule has 0 aliphatic rings. The van der Waals surface area contributed by atoms with Gasteiger partial charge in [0.2, 0.25) is 0 Å². The molecule has 0 aliphatic heterocycles. The van der Waals surface area contributed by atoms with E-state index in [1.807, 2.05) is 0 Å². The Morgan fingerprint density at radius 3 is 1.45 bits per heavy atom. The molecule has 0 aromatic heterocycles. The number of unbranched alkanes of at least 4 members (excludes halogenated alkanes) is 8. The molecule has 0 rings (SSSR count). The molecule has 0 aliphatic carbocycles. The summed E-state index contributed by atoms with van der Waals surface area (Å²) < 4.78 is 11.8. The van der Waals surface area contributed by atoms with Gasteiger partial charge in [-0.2, -0.15) is 0 Å². The molecule has 0 saturated carbocycles. The molecule has 2 nitrogen and oxygen atoms in total. The van der Waals surface area contributed by atoms with Crippen LogP contribution >= 0.6 is 0 Å². The van der Waals surface area contributed by atoms with Crippen LogP contribution in [0.25, 0.3) is 0 Å². The van der Waals surface area contributed by atoms with E-state index in [-0.39, 0.29) is 0 Å². The van der Waals surface area contributed by atoms with Crippen LogP contribution in [0.3, 0.4) is 0 Å². The van der Waals surface area contributed by atoms with Crippen LogP contribution in [-0.2, 0) is 8.85 Å². The second-order valence-corrected chi connectivity index (χ2v) is 7.89. The largest absolute Gasteiger partial charge is 0.397 e. The van der Waals surface area contributed by atoms with E-state index in [4.69, 9.17) is 8.85 Å². The second-order valence-electron chi connectivity index (χ2n) is 5.79. The Balaban J connectivity index is 3.38. The molecule has 0 heterocycles. The lowest BCUT2D eigenvalue weighted by molar-refractivity contribution is 0.195. The molecule has 3 heteroatoms. The lowest BCUT2D eigenvalue weighted by atomic mass is 10.1. The monoisotopic (exact) mass is 302 g/mol. The van der Waals surface area contributed by atoms with E-state index in [0.29, 0.717) is 0 Å². The Morgan fingerprint density at radius 2 is 1.00 bits per heavy atom. The molecular weight excluding hydrogens is 264 g/mol. The zero-order valence-electron chi connectivity index (χ0n) is 14.3. The van der Waals surface area contributed by atoms with Gasteiger partial charge < -0.3 is 8.85 Å². The van der Waals surface area contributed by atoms with Crippen molar-refractivity contribution >= 4 is 9.28 Å². The Labute approximate surface area is 129 Å². The highest BCUT2D eigenvalue weighted by Crippen LogP contribution is 2.12. The van der Waals surface area contributed by atoms with Crippen LogP contribution in [0.15, 0.2) is 0 Å². The van der Waals surface area contributed by atoms with Gasteiger partial charge in [-0.15, -0.1) is 0 Å². The molecule has 0 unspecified atom stereocenters. The highest BCUT2D eigenvalue weighted by atomic mass is 28.3. The zero-order valence-corrected chi connectivity index (χ0v) is 15.4. The fourth-order valence-corrected chi connectivity index (χ4v) is 4.38. The van der Waals surface area contributed by atoms with E-state index in [0.717, 1.165) is 26.1 Å². The third-order valence-electron chi connectivity index (χ3n) is 3.56. The van der Waals surface area contributed by atoms with Crippen LogP contribution in [-0.4, -0.2) is 22.5 Å². The lowest BCUT2D eigenvalue weighted by Crippen LogP contribution is -2.23. The van der Waals surface area contributed by atoms with Crippen molar-refractivity contribution in [1.82, 2.24) is 0 Å². The van der Waals surface area contributed by atoms with Crippen LogP contribution in [0, 0.1) is 0 Å². The molecule has 20 heavy (non-hydrogen) atoms. The molecule has 0 aromatic rings. The summed E-state index contributed by atoms with van der Waals surface area (Å²) in [5.41, 5.74) is 0. The number of rotatable bonds is 16. The Hall–Kier alpha value is 0.137. The molecular formula is C17H38O2Si. The normalized spacial score (nSPS) is 11.4. The maximum atomic E-state index is 5.88. The molecule has 0 fully saturated rings. The molecule has 122 valence electrons. The van der Waals surface area contributed by atoms with E-state index in [1.54, 1.807) is 0 Å². The van der Waals surface area contributed by atoms with Crippen LogP contribution in [0.2, 0.25) is 6.04 Å². The number of hydrogen-bond acceptors (Lipinski definition) is 2. The summed E-state index contributed by atoms with van der Waals surface area (Å²) in [5.74, 6) is 0. The first-order chi connectivity index (χ1) is 9.85. The van der Waals surface area contributed by atoms with Crippen LogP contribution in [0.1, 0.15) is 91.4 Å². The SMILES string of the molecule is CCCCCCCCCCC[SiH](OCCC)OCCC. The fourth-order valence-electron chi connectivity index (χ4n) is 2.34. The van der Waals surface area contributed by atoms with Gasteiger partial charge in [0, 0.05) is 13.2 Å². The zero-order chi connectivity index (χ0) is 14.9. The van der Waals surface area contributed by atoms with Gasteiger partial charge in [0.25, 0.3) is 0 Å². The van der Waals surface area contributed by atoms with Crippen molar-refractivity contribution in [2.75, 3.05) is 13.2 Å². The van der Waals surface area contributed by atoms with Crippen LogP contribution in [0.4, 0.5) is 0 Å². The van der Waals surface area contributed by atoms with Gasteiger partial charge in [-0.3, -0.25) is 0 Å². The van der Waals surface area contributed by atoms with Gasteiger partial charge in [-0.1, -0.05) is 78.6 Å². The van der Waals surface area contributed by atoms with Gasteiger partial charge >= 0.3 is 9.28 Å². The quantitative estimate of drug-likeness (QED) is 0.273. The third-order valence-corrected chi connectivity index (χ3v) is 5.65. The molecule has 0 bridgehead atoms. The molecule has 0 N–H and O–H groups in total. The first kappa shape index (κ1) is 20.1. The predicted octanol–water partition coefficient (Wildman–Crippen LogP) is 5.59. The van der Waals surface area contributed by atoms with E-state index in [1.165, 1.54) is 63.8 Å². The molecule has 0 amide bonds. The Bertz CT molecular complexity index is 168. The summed E-state index contributed by atoms with van der Waals surface area (Å²) in [6.45, 7) is 8.39. The van der Waals surface area contributed by atoms with E-state index in [9.17, 15) is 0 Å². The third kappa shape index (κ3) is 14.5. The van der Waals surface area contributed by atoms with Gasteiger partial charge in [0.1, 0.15) is 0 Å². The van der Waals surface area contributed by atoms with Crippen LogP contribution < -0.4 is 0 Å². The summed E-state index contributed by atoms with van der Waals surface area (Å²) in [4.78, 5) is 0. The Morgan fingerprint density at radius 1 is 0.550 bits per heavy atom. The minimum absolute atomic E-state index is 0.887. The standard InChI is InChI=1S/C17H38O2Si/c1-4-7-8-9-10-11-12-13-14-17-20(18-15-5-2)19-16-6-3/h20H,4-17H2,1-3H3. The lowest BCUT2D eigenvalue weighted by Gasteiger charge is -2.16. The van der Waals surface area contributed by atoms with Crippen molar-refractivity contribution in [3.05, 3.63) is 0 Å². The molecule has 0 atom stereocenters. The highest BCUT2D eigenvalue weighted by molar-refractivity contribution is 6.44. The van der Waals surface area contributed by atoms with Gasteiger partial charge in [0.15, 0.2) is 0 Å². The molecule has 0 radical (unpaired) electrons. The molecule has 0 aromatic carbocycles. The highest BCUT2D eigenvalue weighted by Gasteiger charge is 2.12. The van der Waals surface area contributed by atoms with Crippen molar-refractivity contribution in [3.8, 4) is 0 Å². The first-order valence-corrected chi connectivity index (χ1v) is 10.8. The summed E-state index contributed by atoms with van der Waals surface area (Å²) in [5, 5.41) is 0. The van der Waals surface area contributed by atoms with Gasteiger partial charge in [0.05, 0.1) is 0 Å². The smallest absolute Gasteiger partial charge is 0.321 e. The van der Waals surface area contributed by atoms with Crippen molar-refractivity contribution in [3.63, 3.8) is 0 Å². The Kier molecular flexibility index (Phi) is 17.3. The van der Waals surface area contributed by atoms with Gasteiger partial charge in [-0.25, -0.2) is 0 Å². The average molecular weight is 303 g/mol. The minimum Gasteiger partial charge on any atom is -0.397 e. The maximum Gasteiger partial charge on any atom is 0.321 e. The van der Waals surface area contributed by atoms with Crippen LogP contribution in [0.5, 0.6) is 0 Å². The summed E-state index contributed by atoms with van der Waals surface area (Å²) in [6, 6.07) is 1.20. The van der Waals surface area contributed by atoms with Crippen molar-refractivity contribution in [2.45, 2.75) is 97.4 Å². The van der Waals surface area contributed by atoms with Crippen molar-refractivity contribution in [1.29, 1.82) is 0 Å². The van der Waals surface area contributed by atoms with Crippen molar-refractivity contribution < 1.29 is 8.85 Å². The summed E-state index contributed by atoms with van der Waals surface area (Å²) in [6.07, 6.45) is 14.8. The summed E-state index contributed by atoms with van der Waals surface area (Å²) >= 11 is 0. The van der Waals surface area contributed by atoms with Crippen molar-refractivity contribution in [2.24, 2.45) is 0 Å². The second kappa shape index (κ2) is 17.2. The topological polar surface area (TPSA) is 18.5 Å². The fraction of sp³-hybridized carbons (Fsp3) is 1.00. The van der Waals surface area contributed by atoms with Gasteiger partial charge in [-0.05, 0) is 18.9 Å². The molecule has 0 saturated heterocycles. The number of hydrogen-bond donors (Lipinski definition) is 0. The van der Waals surface area contributed by atoms with E-state index in [2.05, 4.69) is 20.8 Å². The van der Waals surface area contributed by atoms with E-state index >= 15 is 0 Å². The minimum atomic E-state index is -1.34. The van der Waals surface area contributed by atoms with E-state index < -0.39 is 9.28 Å². The molecule has 0 spiro atoms. The first-order valence-electron chi connectivity index (χ1n) is 9.08. The maximum absolute atomic E-state index is 5.88. The predicted molar refractivity (Wildman–Crippen MR) is 91.7 cm³/mol.